The highest BCUT2D eigenvalue weighted by molar-refractivity contribution is 6.21. The van der Waals surface area contributed by atoms with Gasteiger partial charge >= 0.3 is 17.9 Å². The van der Waals surface area contributed by atoms with Crippen LogP contribution in [0.5, 0.6) is 0 Å². The number of allylic oxidation sites excluding steroid dienone is 2. The standard InChI is InChI=1S/C23H24N2O8/c1-5-31-21(28)16-12(3)24-13(4)17(22(29)32-6-2)18(16)23(30)33-11-25-19(26)14-9-7-8-10-15(14)20(25)27/h7-10,18,24H,5-6,11H2,1-4H3. The van der Waals surface area contributed by atoms with Crippen LogP contribution < -0.4 is 5.32 Å². The van der Waals surface area contributed by atoms with E-state index < -0.39 is 42.4 Å². The number of ether oxygens (including phenoxy) is 3. The van der Waals surface area contributed by atoms with Gasteiger partial charge in [-0.05, 0) is 39.8 Å². The Balaban J connectivity index is 1.90. The lowest BCUT2D eigenvalue weighted by atomic mass is 9.85. The summed E-state index contributed by atoms with van der Waals surface area (Å²) in [7, 11) is 0. The molecule has 0 unspecified atom stereocenters. The lowest BCUT2D eigenvalue weighted by Gasteiger charge is -2.29. The summed E-state index contributed by atoms with van der Waals surface area (Å²) < 4.78 is 15.4. The number of amides is 2. The van der Waals surface area contributed by atoms with Crippen molar-refractivity contribution < 1.29 is 38.2 Å². The molecule has 0 atom stereocenters. The molecule has 33 heavy (non-hydrogen) atoms. The number of hydrogen-bond acceptors (Lipinski definition) is 9. The molecule has 2 amide bonds. The van der Waals surface area contributed by atoms with E-state index in [9.17, 15) is 24.0 Å². The minimum atomic E-state index is -1.46. The van der Waals surface area contributed by atoms with Gasteiger partial charge in [-0.3, -0.25) is 14.4 Å². The van der Waals surface area contributed by atoms with E-state index in [0.717, 1.165) is 4.90 Å². The van der Waals surface area contributed by atoms with E-state index in [2.05, 4.69) is 5.32 Å². The topological polar surface area (TPSA) is 128 Å². The Hall–Kier alpha value is -3.95. The van der Waals surface area contributed by atoms with Crippen molar-refractivity contribution in [2.45, 2.75) is 27.7 Å². The first-order valence-corrected chi connectivity index (χ1v) is 10.4. The minimum absolute atomic E-state index is 0.0455. The fourth-order valence-electron chi connectivity index (χ4n) is 3.76. The van der Waals surface area contributed by atoms with Crippen LogP contribution in [0.25, 0.3) is 0 Å². The maximum atomic E-state index is 13.2. The third-order valence-corrected chi connectivity index (χ3v) is 5.20. The maximum Gasteiger partial charge on any atom is 0.337 e. The van der Waals surface area contributed by atoms with E-state index in [1.807, 2.05) is 0 Å². The number of carbonyl (C=O) groups is 5. The predicted octanol–water partition coefficient (Wildman–Crippen LogP) is 1.68. The van der Waals surface area contributed by atoms with Crippen LogP contribution in [0.3, 0.4) is 0 Å². The summed E-state index contributed by atoms with van der Waals surface area (Å²) in [6.45, 7) is 5.73. The zero-order valence-electron chi connectivity index (χ0n) is 18.7. The van der Waals surface area contributed by atoms with Crippen molar-refractivity contribution in [3.05, 3.63) is 57.9 Å². The molecule has 0 saturated heterocycles. The van der Waals surface area contributed by atoms with Crippen LogP contribution in [0.1, 0.15) is 48.4 Å². The first-order chi connectivity index (χ1) is 15.7. The van der Waals surface area contributed by atoms with Gasteiger partial charge in [0.25, 0.3) is 11.8 Å². The third-order valence-electron chi connectivity index (χ3n) is 5.20. The molecule has 2 aliphatic heterocycles. The zero-order valence-corrected chi connectivity index (χ0v) is 18.7. The molecule has 0 spiro atoms. The molecule has 174 valence electrons. The van der Waals surface area contributed by atoms with Crippen LogP contribution in [0.2, 0.25) is 0 Å². The van der Waals surface area contributed by atoms with Crippen molar-refractivity contribution in [2.24, 2.45) is 5.92 Å². The van der Waals surface area contributed by atoms with E-state index in [0.29, 0.717) is 11.4 Å². The molecule has 1 N–H and O–H groups in total. The molecule has 2 aliphatic rings. The summed E-state index contributed by atoms with van der Waals surface area (Å²) in [5.74, 6) is -5.29. The Labute approximate surface area is 190 Å². The second-order valence-corrected chi connectivity index (χ2v) is 7.25. The Bertz CT molecular complexity index is 1030. The lowest BCUT2D eigenvalue weighted by molar-refractivity contribution is -0.153. The van der Waals surface area contributed by atoms with Gasteiger partial charge in [0.2, 0.25) is 0 Å². The van der Waals surface area contributed by atoms with Gasteiger partial charge in [-0.2, -0.15) is 0 Å². The quantitative estimate of drug-likeness (QED) is 0.370. The van der Waals surface area contributed by atoms with Gasteiger partial charge in [-0.1, -0.05) is 12.1 Å². The summed E-state index contributed by atoms with van der Waals surface area (Å²) in [6.07, 6.45) is 0. The summed E-state index contributed by atoms with van der Waals surface area (Å²) >= 11 is 0. The highest BCUT2D eigenvalue weighted by atomic mass is 16.6. The summed E-state index contributed by atoms with van der Waals surface area (Å²) in [4.78, 5) is 64.4. The van der Waals surface area contributed by atoms with Crippen LogP contribution in [0.15, 0.2) is 46.8 Å². The Morgan fingerprint density at radius 2 is 1.30 bits per heavy atom. The zero-order chi connectivity index (χ0) is 24.3. The number of hydrogen-bond donors (Lipinski definition) is 1. The number of rotatable bonds is 7. The van der Waals surface area contributed by atoms with E-state index in [4.69, 9.17) is 14.2 Å². The normalized spacial score (nSPS) is 15.9. The molecule has 0 radical (unpaired) electrons. The minimum Gasteiger partial charge on any atom is -0.463 e. The van der Waals surface area contributed by atoms with Gasteiger partial charge in [0.15, 0.2) is 6.73 Å². The number of imide groups is 1. The summed E-state index contributed by atoms with van der Waals surface area (Å²) in [5, 5.41) is 2.90. The van der Waals surface area contributed by atoms with Crippen LogP contribution in [0, 0.1) is 5.92 Å². The average molecular weight is 456 g/mol. The average Bonchev–Trinajstić information content (AvgIpc) is 3.01. The van der Waals surface area contributed by atoms with Gasteiger partial charge in [0.05, 0.1) is 35.5 Å². The van der Waals surface area contributed by atoms with Gasteiger partial charge in [0, 0.05) is 11.4 Å². The lowest BCUT2D eigenvalue weighted by Crippen LogP contribution is -2.40. The van der Waals surface area contributed by atoms with Crippen molar-refractivity contribution in [2.75, 3.05) is 19.9 Å². The van der Waals surface area contributed by atoms with E-state index >= 15 is 0 Å². The van der Waals surface area contributed by atoms with E-state index in [1.165, 1.54) is 12.1 Å². The second kappa shape index (κ2) is 9.68. The largest absolute Gasteiger partial charge is 0.463 e. The van der Waals surface area contributed by atoms with Crippen molar-refractivity contribution in [3.63, 3.8) is 0 Å². The molecule has 3 rings (SSSR count). The van der Waals surface area contributed by atoms with Gasteiger partial charge in [-0.15, -0.1) is 0 Å². The highest BCUT2D eigenvalue weighted by Crippen LogP contribution is 2.33. The summed E-state index contributed by atoms with van der Waals surface area (Å²) in [6, 6.07) is 6.24. The van der Waals surface area contributed by atoms with Crippen molar-refractivity contribution in [1.82, 2.24) is 10.2 Å². The predicted molar refractivity (Wildman–Crippen MR) is 113 cm³/mol. The number of dihydropyridines is 1. The van der Waals surface area contributed by atoms with Gasteiger partial charge in [-0.25, -0.2) is 14.5 Å². The molecule has 0 aliphatic carbocycles. The number of fused-ring (bicyclic) bond motifs is 1. The second-order valence-electron chi connectivity index (χ2n) is 7.25. The summed E-state index contributed by atoms with van der Waals surface area (Å²) in [5.41, 5.74) is 0.789. The van der Waals surface area contributed by atoms with Crippen molar-refractivity contribution in [1.29, 1.82) is 0 Å². The van der Waals surface area contributed by atoms with Gasteiger partial charge in [0.1, 0.15) is 5.92 Å². The first-order valence-electron chi connectivity index (χ1n) is 10.4. The number of nitrogens with one attached hydrogen (secondary N) is 1. The van der Waals surface area contributed by atoms with E-state index in [1.54, 1.807) is 39.8 Å². The van der Waals surface area contributed by atoms with Crippen molar-refractivity contribution in [3.8, 4) is 0 Å². The molecule has 1 aromatic carbocycles. The molecule has 0 bridgehead atoms. The number of esters is 3. The molecular formula is C23H24N2O8. The third kappa shape index (κ3) is 4.36. The molecule has 2 heterocycles. The number of carbonyl (C=O) groups excluding carboxylic acids is 5. The molecule has 1 aromatic rings. The molecule has 0 saturated carbocycles. The number of benzene rings is 1. The van der Waals surface area contributed by atoms with Crippen LogP contribution >= 0.6 is 0 Å². The maximum absolute atomic E-state index is 13.2. The number of nitrogens with zero attached hydrogens (tertiary/aromatic N) is 1. The smallest absolute Gasteiger partial charge is 0.337 e. The monoisotopic (exact) mass is 456 g/mol. The van der Waals surface area contributed by atoms with Crippen molar-refractivity contribution >= 4 is 29.7 Å². The van der Waals surface area contributed by atoms with Crippen LogP contribution in [-0.4, -0.2) is 54.6 Å². The molecule has 10 heteroatoms. The fraction of sp³-hybridized carbons (Fsp3) is 0.348. The highest BCUT2D eigenvalue weighted by Gasteiger charge is 2.43. The Morgan fingerprint density at radius 1 is 0.848 bits per heavy atom. The molecule has 10 nitrogen and oxygen atoms in total. The van der Waals surface area contributed by atoms with E-state index in [-0.39, 0.29) is 35.5 Å². The molecule has 0 aromatic heterocycles. The first kappa shape index (κ1) is 23.7. The molecule has 0 fully saturated rings. The Kier molecular flexibility index (Phi) is 6.95. The van der Waals surface area contributed by atoms with Gasteiger partial charge < -0.3 is 19.5 Å². The Morgan fingerprint density at radius 3 is 1.73 bits per heavy atom. The molecular weight excluding hydrogens is 432 g/mol. The van der Waals surface area contributed by atoms with Crippen LogP contribution in [0.4, 0.5) is 0 Å². The van der Waals surface area contributed by atoms with Crippen LogP contribution in [-0.2, 0) is 28.6 Å². The SMILES string of the molecule is CCOC(=O)C1=C(C)NC(C)=C(C(=O)OCC)C1C(=O)OCN1C(=O)c2ccccc2C1=O. The fourth-order valence-corrected chi connectivity index (χ4v) is 3.76.